The molecule has 2 aromatic rings. The van der Waals surface area contributed by atoms with Gasteiger partial charge < -0.3 is 8.98 Å². The maximum atomic E-state index is 5.15. The molecule has 2 aromatic heterocycles. The van der Waals surface area contributed by atoms with Gasteiger partial charge in [0.2, 0.25) is 0 Å². The molecule has 3 heterocycles. The van der Waals surface area contributed by atoms with E-state index in [0.29, 0.717) is 5.92 Å². The van der Waals surface area contributed by atoms with Gasteiger partial charge in [0.1, 0.15) is 12.2 Å². The van der Waals surface area contributed by atoms with E-state index in [2.05, 4.69) is 26.6 Å². The number of likely N-dealkylation sites (tertiary alicyclic amines) is 1. The fourth-order valence-corrected chi connectivity index (χ4v) is 3.04. The summed E-state index contributed by atoms with van der Waals surface area (Å²) in [4.78, 5) is 2.49. The van der Waals surface area contributed by atoms with Crippen molar-refractivity contribution in [3.63, 3.8) is 0 Å². The molecule has 1 fully saturated rings. The Morgan fingerprint density at radius 1 is 1.45 bits per heavy atom. The van der Waals surface area contributed by atoms with Crippen LogP contribution in [0.5, 0.6) is 0 Å². The van der Waals surface area contributed by atoms with Crippen molar-refractivity contribution in [1.29, 1.82) is 0 Å². The predicted molar refractivity (Wildman–Crippen MR) is 76.3 cm³/mol. The van der Waals surface area contributed by atoms with E-state index >= 15 is 0 Å². The third-order valence-corrected chi connectivity index (χ3v) is 3.97. The maximum Gasteiger partial charge on any atom is 0.137 e. The normalized spacial score (nSPS) is 20.4. The van der Waals surface area contributed by atoms with Crippen LogP contribution in [0.15, 0.2) is 29.3 Å². The monoisotopic (exact) mass is 274 g/mol. The first-order valence-corrected chi connectivity index (χ1v) is 7.48. The Kier molecular flexibility index (Phi) is 4.16. The summed E-state index contributed by atoms with van der Waals surface area (Å²) in [6.45, 7) is 6.39. The lowest BCUT2D eigenvalue weighted by Crippen LogP contribution is -2.34. The van der Waals surface area contributed by atoms with Crippen molar-refractivity contribution in [2.24, 2.45) is 0 Å². The van der Waals surface area contributed by atoms with Crippen LogP contribution in [-0.2, 0) is 13.1 Å². The highest BCUT2D eigenvalue weighted by Crippen LogP contribution is 2.26. The molecule has 3 rings (SSSR count). The molecule has 1 saturated heterocycles. The number of hydrogen-bond donors (Lipinski definition) is 0. The molecule has 0 aliphatic carbocycles. The van der Waals surface area contributed by atoms with E-state index in [9.17, 15) is 0 Å². The molecule has 108 valence electrons. The molecule has 0 unspecified atom stereocenters. The van der Waals surface area contributed by atoms with Gasteiger partial charge in [0.05, 0.1) is 12.5 Å². The van der Waals surface area contributed by atoms with Crippen LogP contribution in [0.3, 0.4) is 0 Å². The Morgan fingerprint density at radius 2 is 2.40 bits per heavy atom. The van der Waals surface area contributed by atoms with Crippen molar-refractivity contribution in [2.75, 3.05) is 13.1 Å². The first-order chi connectivity index (χ1) is 9.86. The van der Waals surface area contributed by atoms with Gasteiger partial charge in [0, 0.05) is 31.1 Å². The van der Waals surface area contributed by atoms with Crippen molar-refractivity contribution in [3.05, 3.63) is 36.3 Å². The molecule has 0 N–H and O–H groups in total. The molecular formula is C15H22N4O. The molecule has 0 aromatic carbocycles. The van der Waals surface area contributed by atoms with Crippen molar-refractivity contribution in [3.8, 4) is 0 Å². The number of nitrogens with zero attached hydrogens (tertiary/aromatic N) is 4. The Bertz CT molecular complexity index is 520. The second-order valence-electron chi connectivity index (χ2n) is 5.59. The van der Waals surface area contributed by atoms with Crippen LogP contribution >= 0.6 is 0 Å². The molecule has 0 bridgehead atoms. The van der Waals surface area contributed by atoms with Crippen LogP contribution in [0.2, 0.25) is 0 Å². The minimum Gasteiger partial charge on any atom is -0.472 e. The van der Waals surface area contributed by atoms with E-state index in [0.717, 1.165) is 38.4 Å². The van der Waals surface area contributed by atoms with Crippen LogP contribution in [0.4, 0.5) is 0 Å². The lowest BCUT2D eigenvalue weighted by atomic mass is 9.97. The van der Waals surface area contributed by atoms with Gasteiger partial charge in [0.25, 0.3) is 0 Å². The number of hydrogen-bond acceptors (Lipinski definition) is 4. The lowest BCUT2D eigenvalue weighted by molar-refractivity contribution is 0.194. The summed E-state index contributed by atoms with van der Waals surface area (Å²) in [7, 11) is 0. The second-order valence-corrected chi connectivity index (χ2v) is 5.59. The summed E-state index contributed by atoms with van der Waals surface area (Å²) < 4.78 is 7.37. The first-order valence-electron chi connectivity index (χ1n) is 7.48. The van der Waals surface area contributed by atoms with Gasteiger partial charge in [-0.1, -0.05) is 6.92 Å². The summed E-state index contributed by atoms with van der Waals surface area (Å²) in [5, 5.41) is 8.45. The fourth-order valence-electron chi connectivity index (χ4n) is 3.04. The summed E-state index contributed by atoms with van der Waals surface area (Å²) in [5.41, 5.74) is 1.25. The first kappa shape index (κ1) is 13.4. The van der Waals surface area contributed by atoms with Gasteiger partial charge in [-0.25, -0.2) is 0 Å². The summed E-state index contributed by atoms with van der Waals surface area (Å²) in [5.74, 6) is 1.66. The molecule has 1 atom stereocenters. The molecule has 0 radical (unpaired) electrons. The zero-order valence-corrected chi connectivity index (χ0v) is 12.0. The van der Waals surface area contributed by atoms with Gasteiger partial charge in [-0.05, 0) is 31.9 Å². The molecule has 1 aliphatic rings. The van der Waals surface area contributed by atoms with Gasteiger partial charge in [-0.3, -0.25) is 4.90 Å². The number of piperidine rings is 1. The van der Waals surface area contributed by atoms with E-state index in [1.807, 2.05) is 18.7 Å². The van der Waals surface area contributed by atoms with E-state index in [-0.39, 0.29) is 0 Å². The Balaban J connectivity index is 1.66. The van der Waals surface area contributed by atoms with Gasteiger partial charge in [-0.2, -0.15) is 0 Å². The molecule has 0 amide bonds. The average molecular weight is 274 g/mol. The number of rotatable bonds is 5. The Labute approximate surface area is 119 Å². The van der Waals surface area contributed by atoms with E-state index < -0.39 is 0 Å². The van der Waals surface area contributed by atoms with Crippen molar-refractivity contribution in [1.82, 2.24) is 19.7 Å². The van der Waals surface area contributed by atoms with Crippen molar-refractivity contribution >= 4 is 0 Å². The molecule has 0 spiro atoms. The zero-order chi connectivity index (χ0) is 13.8. The third-order valence-electron chi connectivity index (χ3n) is 3.97. The highest BCUT2D eigenvalue weighted by Gasteiger charge is 2.25. The van der Waals surface area contributed by atoms with Crippen molar-refractivity contribution in [2.45, 2.75) is 45.2 Å². The molecule has 20 heavy (non-hydrogen) atoms. The largest absolute Gasteiger partial charge is 0.472 e. The number of furan rings is 1. The van der Waals surface area contributed by atoms with Crippen LogP contribution in [0.25, 0.3) is 0 Å². The maximum absolute atomic E-state index is 5.15. The van der Waals surface area contributed by atoms with E-state index in [4.69, 9.17) is 4.42 Å². The topological polar surface area (TPSA) is 47.1 Å². The molecule has 1 aliphatic heterocycles. The molecule has 0 saturated carbocycles. The highest BCUT2D eigenvalue weighted by molar-refractivity contribution is 5.06. The zero-order valence-electron chi connectivity index (χ0n) is 12.0. The lowest BCUT2D eigenvalue weighted by Gasteiger charge is -2.32. The minimum absolute atomic E-state index is 0.504. The highest BCUT2D eigenvalue weighted by atomic mass is 16.3. The SMILES string of the molecule is CCCn1cnnc1[C@H]1CCCN(Cc2ccoc2)C1. The van der Waals surface area contributed by atoms with Gasteiger partial charge >= 0.3 is 0 Å². The molecule has 5 heteroatoms. The average Bonchev–Trinajstić information content (AvgIpc) is 3.11. The Hall–Kier alpha value is -1.62. The summed E-state index contributed by atoms with van der Waals surface area (Å²) >= 11 is 0. The smallest absolute Gasteiger partial charge is 0.137 e. The van der Waals surface area contributed by atoms with Crippen LogP contribution < -0.4 is 0 Å². The van der Waals surface area contributed by atoms with Gasteiger partial charge in [-0.15, -0.1) is 10.2 Å². The molecule has 5 nitrogen and oxygen atoms in total. The van der Waals surface area contributed by atoms with E-state index in [1.165, 1.54) is 18.4 Å². The van der Waals surface area contributed by atoms with Gasteiger partial charge in [0.15, 0.2) is 0 Å². The van der Waals surface area contributed by atoms with Crippen LogP contribution in [0.1, 0.15) is 43.5 Å². The predicted octanol–water partition coefficient (Wildman–Crippen LogP) is 2.66. The van der Waals surface area contributed by atoms with Crippen molar-refractivity contribution < 1.29 is 4.42 Å². The summed E-state index contributed by atoms with van der Waals surface area (Å²) in [6, 6.07) is 2.04. The molecular weight excluding hydrogens is 252 g/mol. The van der Waals surface area contributed by atoms with E-state index in [1.54, 1.807) is 6.26 Å². The third kappa shape index (κ3) is 2.93. The second kappa shape index (κ2) is 6.22. The fraction of sp³-hybridized carbons (Fsp3) is 0.600. The Morgan fingerprint density at radius 3 is 3.20 bits per heavy atom. The quantitative estimate of drug-likeness (QED) is 0.841. The van der Waals surface area contributed by atoms with Crippen LogP contribution in [0, 0.1) is 0 Å². The standard InChI is InChI=1S/C15H22N4O/c1-2-6-19-12-16-17-15(19)14-4-3-7-18(10-14)9-13-5-8-20-11-13/h5,8,11-12,14H,2-4,6-7,9-10H2,1H3/t14-/m0/s1. The number of aryl methyl sites for hydroxylation is 1. The van der Waals surface area contributed by atoms with Crippen LogP contribution in [-0.4, -0.2) is 32.8 Å². The number of aromatic nitrogens is 3. The minimum atomic E-state index is 0.504. The summed E-state index contributed by atoms with van der Waals surface area (Å²) in [6.07, 6.45) is 9.01.